The van der Waals surface area contributed by atoms with Crippen LogP contribution in [0.15, 0.2) is 56.8 Å². The molecule has 176 valence electrons. The molecule has 2 aromatic heterocycles. The van der Waals surface area contributed by atoms with Gasteiger partial charge in [-0.3, -0.25) is 4.79 Å². The van der Waals surface area contributed by atoms with Crippen molar-refractivity contribution < 1.29 is 9.53 Å². The SMILES string of the molecule is CCCCc1nc2ccc(Br)cc2c(=O)n1N=Cc1c(C)n([C@H](C)C(=O)OC)c2ccccc12. The first-order chi connectivity index (χ1) is 16.4. The predicted octanol–water partition coefficient (Wildman–Crippen LogP) is 5.38. The molecule has 4 aromatic rings. The number of unbranched alkanes of at least 4 members (excludes halogenated alkanes) is 1. The minimum Gasteiger partial charge on any atom is -0.467 e. The Morgan fingerprint density at radius 1 is 1.24 bits per heavy atom. The van der Waals surface area contributed by atoms with Gasteiger partial charge in [-0.1, -0.05) is 47.5 Å². The van der Waals surface area contributed by atoms with Crippen LogP contribution >= 0.6 is 15.9 Å². The monoisotopic (exact) mass is 522 g/mol. The van der Waals surface area contributed by atoms with Gasteiger partial charge in [0, 0.05) is 33.1 Å². The van der Waals surface area contributed by atoms with E-state index < -0.39 is 6.04 Å². The number of esters is 1. The average molecular weight is 523 g/mol. The molecule has 1 atom stereocenters. The Balaban J connectivity index is 1.90. The molecule has 0 fully saturated rings. The van der Waals surface area contributed by atoms with E-state index in [0.29, 0.717) is 23.1 Å². The van der Waals surface area contributed by atoms with Crippen LogP contribution in [-0.2, 0) is 16.0 Å². The van der Waals surface area contributed by atoms with Crippen molar-refractivity contribution in [1.82, 2.24) is 14.2 Å². The molecule has 0 aliphatic carbocycles. The molecule has 0 radical (unpaired) electrons. The van der Waals surface area contributed by atoms with Gasteiger partial charge in [-0.15, -0.1) is 0 Å². The van der Waals surface area contributed by atoms with Gasteiger partial charge < -0.3 is 9.30 Å². The van der Waals surface area contributed by atoms with Crippen molar-refractivity contribution in [3.8, 4) is 0 Å². The largest absolute Gasteiger partial charge is 0.467 e. The molecule has 0 aliphatic heterocycles. The lowest BCUT2D eigenvalue weighted by atomic mass is 10.1. The number of fused-ring (bicyclic) bond motifs is 2. The maximum atomic E-state index is 13.4. The molecular formula is C26H27BrN4O3. The standard InChI is InChI=1S/C26H27BrN4O3/c1-5-6-11-24-29-22-13-12-18(27)14-20(22)25(32)31(24)28-15-21-16(2)30(17(3)26(33)34-4)23-10-8-7-9-19(21)23/h7-10,12-15,17H,5-6,11H2,1-4H3/t17-/m1/s1. The molecule has 0 unspecified atom stereocenters. The third-order valence-corrected chi connectivity index (χ3v) is 6.56. The summed E-state index contributed by atoms with van der Waals surface area (Å²) >= 11 is 3.44. The molecule has 0 spiro atoms. The number of aromatic nitrogens is 3. The second kappa shape index (κ2) is 9.93. The number of methoxy groups -OCH3 is 1. The maximum Gasteiger partial charge on any atom is 0.328 e. The molecule has 7 nitrogen and oxygen atoms in total. The van der Waals surface area contributed by atoms with Crippen molar-refractivity contribution in [2.75, 3.05) is 7.11 Å². The first kappa shape index (κ1) is 23.9. The number of nitrogens with zero attached hydrogens (tertiary/aromatic N) is 4. The van der Waals surface area contributed by atoms with Crippen molar-refractivity contribution in [2.45, 2.75) is 46.1 Å². The highest BCUT2D eigenvalue weighted by molar-refractivity contribution is 9.10. The molecule has 0 N–H and O–H groups in total. The lowest BCUT2D eigenvalue weighted by Gasteiger charge is -2.15. The van der Waals surface area contributed by atoms with Crippen LogP contribution in [0.3, 0.4) is 0 Å². The van der Waals surface area contributed by atoms with E-state index in [4.69, 9.17) is 9.72 Å². The van der Waals surface area contributed by atoms with E-state index in [1.54, 1.807) is 12.3 Å². The van der Waals surface area contributed by atoms with Gasteiger partial charge in [0.15, 0.2) is 0 Å². The number of halogens is 1. The second-order valence-electron chi connectivity index (χ2n) is 8.24. The van der Waals surface area contributed by atoms with Crippen LogP contribution in [-0.4, -0.2) is 33.5 Å². The Morgan fingerprint density at radius 3 is 2.74 bits per heavy atom. The summed E-state index contributed by atoms with van der Waals surface area (Å²) in [4.78, 5) is 30.4. The van der Waals surface area contributed by atoms with Gasteiger partial charge in [0.1, 0.15) is 11.9 Å². The molecule has 0 saturated heterocycles. The lowest BCUT2D eigenvalue weighted by Crippen LogP contribution is -2.22. The fourth-order valence-corrected chi connectivity index (χ4v) is 4.64. The zero-order valence-electron chi connectivity index (χ0n) is 19.7. The number of carbonyl (C=O) groups is 1. The summed E-state index contributed by atoms with van der Waals surface area (Å²) in [6.45, 7) is 5.85. The van der Waals surface area contributed by atoms with Crippen LogP contribution in [0.4, 0.5) is 0 Å². The zero-order chi connectivity index (χ0) is 24.4. The highest BCUT2D eigenvalue weighted by Crippen LogP contribution is 2.28. The van der Waals surface area contributed by atoms with Crippen LogP contribution in [0.25, 0.3) is 21.8 Å². The number of hydrogen-bond acceptors (Lipinski definition) is 5. The molecule has 0 amide bonds. The highest BCUT2D eigenvalue weighted by Gasteiger charge is 2.22. The first-order valence-electron chi connectivity index (χ1n) is 11.3. The molecule has 0 bridgehead atoms. The Kier molecular flexibility index (Phi) is 6.97. The Bertz CT molecular complexity index is 1470. The predicted molar refractivity (Wildman–Crippen MR) is 139 cm³/mol. The van der Waals surface area contributed by atoms with Crippen LogP contribution in [0, 0.1) is 6.92 Å². The number of hydrogen-bond donors (Lipinski definition) is 0. The van der Waals surface area contributed by atoms with E-state index >= 15 is 0 Å². The van der Waals surface area contributed by atoms with Gasteiger partial charge in [0.2, 0.25) is 0 Å². The van der Waals surface area contributed by atoms with Gasteiger partial charge in [-0.05, 0) is 44.5 Å². The van der Waals surface area contributed by atoms with Crippen molar-refractivity contribution in [1.29, 1.82) is 0 Å². The fourth-order valence-electron chi connectivity index (χ4n) is 4.28. The Labute approximate surface area is 206 Å². The molecule has 8 heteroatoms. The van der Waals surface area contributed by atoms with Crippen molar-refractivity contribution in [3.05, 3.63) is 74.4 Å². The van der Waals surface area contributed by atoms with E-state index in [1.165, 1.54) is 11.8 Å². The average Bonchev–Trinajstić information content (AvgIpc) is 3.12. The van der Waals surface area contributed by atoms with E-state index in [0.717, 1.165) is 39.5 Å². The summed E-state index contributed by atoms with van der Waals surface area (Å²) in [7, 11) is 1.39. The normalized spacial score (nSPS) is 12.6. The summed E-state index contributed by atoms with van der Waals surface area (Å²) in [5.41, 5.74) is 3.05. The molecule has 0 saturated carbocycles. The summed E-state index contributed by atoms with van der Waals surface area (Å²) in [5, 5.41) is 6.08. The quantitative estimate of drug-likeness (QED) is 0.241. The smallest absolute Gasteiger partial charge is 0.328 e. The van der Waals surface area contributed by atoms with Gasteiger partial charge in [-0.2, -0.15) is 9.78 Å². The van der Waals surface area contributed by atoms with Crippen LogP contribution in [0.2, 0.25) is 0 Å². The zero-order valence-corrected chi connectivity index (χ0v) is 21.3. The Hall–Kier alpha value is -3.26. The Morgan fingerprint density at radius 2 is 2.00 bits per heavy atom. The third kappa shape index (κ3) is 4.30. The number of aryl methyl sites for hydroxylation is 1. The topological polar surface area (TPSA) is 78.5 Å². The molecule has 2 aromatic carbocycles. The van der Waals surface area contributed by atoms with Crippen molar-refractivity contribution in [2.24, 2.45) is 5.10 Å². The van der Waals surface area contributed by atoms with Gasteiger partial charge in [0.25, 0.3) is 5.56 Å². The number of carbonyl (C=O) groups excluding carboxylic acids is 1. The number of ether oxygens (including phenoxy) is 1. The van der Waals surface area contributed by atoms with Gasteiger partial charge >= 0.3 is 5.97 Å². The highest BCUT2D eigenvalue weighted by atomic mass is 79.9. The second-order valence-corrected chi connectivity index (χ2v) is 9.16. The van der Waals surface area contributed by atoms with Gasteiger partial charge in [0.05, 0.1) is 24.2 Å². The number of benzene rings is 2. The van der Waals surface area contributed by atoms with Crippen LogP contribution in [0.5, 0.6) is 0 Å². The van der Waals surface area contributed by atoms with Crippen LogP contribution in [0.1, 0.15) is 49.8 Å². The fraction of sp³-hybridized carbons (Fsp3) is 0.308. The van der Waals surface area contributed by atoms with Crippen LogP contribution < -0.4 is 5.56 Å². The number of rotatable bonds is 7. The third-order valence-electron chi connectivity index (χ3n) is 6.07. The van der Waals surface area contributed by atoms with E-state index in [9.17, 15) is 9.59 Å². The van der Waals surface area contributed by atoms with Crippen molar-refractivity contribution >= 4 is 49.9 Å². The van der Waals surface area contributed by atoms with E-state index in [2.05, 4.69) is 28.0 Å². The van der Waals surface area contributed by atoms with Gasteiger partial charge in [-0.25, -0.2) is 9.78 Å². The molecule has 34 heavy (non-hydrogen) atoms. The molecule has 0 aliphatic rings. The minimum atomic E-state index is -0.500. The lowest BCUT2D eigenvalue weighted by molar-refractivity contribution is -0.143. The summed E-state index contributed by atoms with van der Waals surface area (Å²) in [5.74, 6) is 0.303. The summed E-state index contributed by atoms with van der Waals surface area (Å²) in [6, 6.07) is 12.8. The van der Waals surface area contributed by atoms with E-state index in [1.807, 2.05) is 54.8 Å². The maximum absolute atomic E-state index is 13.4. The van der Waals surface area contributed by atoms with E-state index in [-0.39, 0.29) is 11.5 Å². The molecule has 4 rings (SSSR count). The van der Waals surface area contributed by atoms with Crippen molar-refractivity contribution in [3.63, 3.8) is 0 Å². The first-order valence-corrected chi connectivity index (χ1v) is 12.1. The molecule has 2 heterocycles. The molecular weight excluding hydrogens is 496 g/mol. The summed E-state index contributed by atoms with van der Waals surface area (Å²) in [6.07, 6.45) is 4.23. The minimum absolute atomic E-state index is 0.210. The number of para-hydroxylation sites is 1. The summed E-state index contributed by atoms with van der Waals surface area (Å²) < 4.78 is 9.13.